The highest BCUT2D eigenvalue weighted by Crippen LogP contribution is 1.98. The summed E-state index contributed by atoms with van der Waals surface area (Å²) in [5, 5.41) is 0. The Labute approximate surface area is 257 Å². The molecule has 0 saturated carbocycles. The van der Waals surface area contributed by atoms with Gasteiger partial charge in [-0.25, -0.2) is 0 Å². The Bertz CT molecular complexity index is 261. The van der Waals surface area contributed by atoms with Gasteiger partial charge in [-0.3, -0.25) is 0 Å². The average Bonchev–Trinajstić information content (AvgIpc) is 2.70. The van der Waals surface area contributed by atoms with Crippen molar-refractivity contribution >= 4 is 0 Å². The molecule has 0 aromatic rings. The second-order valence-electron chi connectivity index (χ2n) is 6.59. The Morgan fingerprint density at radius 1 is 0.579 bits per heavy atom. The molecule has 0 rings (SSSR count). The molecule has 0 aromatic heterocycles. The minimum atomic E-state index is 0. The summed E-state index contributed by atoms with van der Waals surface area (Å²) in [5.41, 5.74) is 0. The van der Waals surface area contributed by atoms with Gasteiger partial charge in [0.2, 0.25) is 0 Å². The van der Waals surface area contributed by atoms with Crippen LogP contribution in [-0.4, -0.2) is 52.4 Å². The number of ether oxygens (including phenoxy) is 4. The SMILES string of the molecule is C.C.C.C.C.C.C.C.C.C.C.[2H]C(C)CCCOCC.[2H]CCCOC(C)CCOCC.[2H]CCCOCC(C)C. The third-order valence-electron chi connectivity index (χ3n) is 3.15. The van der Waals surface area contributed by atoms with Crippen LogP contribution in [0.15, 0.2) is 0 Å². The van der Waals surface area contributed by atoms with Crippen molar-refractivity contribution in [2.24, 2.45) is 5.92 Å². The van der Waals surface area contributed by atoms with Gasteiger partial charge in [0.25, 0.3) is 0 Å². The van der Waals surface area contributed by atoms with Gasteiger partial charge >= 0.3 is 0 Å². The topological polar surface area (TPSA) is 36.9 Å². The van der Waals surface area contributed by atoms with E-state index in [2.05, 4.69) is 13.8 Å². The summed E-state index contributed by atoms with van der Waals surface area (Å²) in [5.74, 6) is 0.621. The summed E-state index contributed by atoms with van der Waals surface area (Å²) in [7, 11) is 0. The van der Waals surface area contributed by atoms with Crippen molar-refractivity contribution in [3.63, 3.8) is 0 Å². The van der Waals surface area contributed by atoms with Crippen LogP contribution in [0.1, 0.15) is 180 Å². The third-order valence-corrected chi connectivity index (χ3v) is 3.15. The van der Waals surface area contributed by atoms with Crippen LogP contribution in [0.2, 0.25) is 0 Å². The smallest absolute Gasteiger partial charge is 0.0568 e. The van der Waals surface area contributed by atoms with Crippen LogP contribution < -0.4 is 0 Å². The first-order valence-corrected chi connectivity index (χ1v) is 10.7. The zero-order valence-electron chi connectivity index (χ0n) is 22.3. The van der Waals surface area contributed by atoms with Crippen LogP contribution >= 0.6 is 0 Å². The molecule has 4 heteroatoms. The summed E-state index contributed by atoms with van der Waals surface area (Å²) in [6.07, 6.45) is 4.98. The lowest BCUT2D eigenvalue weighted by molar-refractivity contribution is 0.0342. The van der Waals surface area contributed by atoms with Gasteiger partial charge in [0.05, 0.1) is 6.10 Å². The van der Waals surface area contributed by atoms with Crippen LogP contribution in [0, 0.1) is 5.92 Å². The van der Waals surface area contributed by atoms with Crippen molar-refractivity contribution in [3.05, 3.63) is 0 Å². The molecule has 4 nitrogen and oxygen atoms in total. The molecule has 38 heavy (non-hydrogen) atoms. The van der Waals surface area contributed by atoms with Crippen LogP contribution in [-0.2, 0) is 18.9 Å². The molecule has 2 atom stereocenters. The van der Waals surface area contributed by atoms with Gasteiger partial charge in [0.1, 0.15) is 0 Å². The average molecular weight is 572 g/mol. The number of rotatable bonds is 16. The fourth-order valence-electron chi connectivity index (χ4n) is 1.72. The van der Waals surface area contributed by atoms with E-state index in [0.717, 1.165) is 71.7 Å². The monoisotopic (exact) mass is 572 g/mol. The Balaban J connectivity index is -0.0000000198. The maximum atomic E-state index is 7.16. The fraction of sp³-hybridized carbons (Fsp3) is 1.00. The Hall–Kier alpha value is -0.160. The molecule has 256 valence electrons. The highest BCUT2D eigenvalue weighted by Gasteiger charge is 1.99. The largest absolute Gasteiger partial charge is 0.382 e. The van der Waals surface area contributed by atoms with Crippen molar-refractivity contribution in [3.8, 4) is 0 Å². The zero-order chi connectivity index (χ0) is 23.5. The molecule has 0 saturated heterocycles. The first kappa shape index (κ1) is 71.3. The first-order chi connectivity index (χ1) is 14.3. The Morgan fingerprint density at radius 3 is 1.42 bits per heavy atom. The van der Waals surface area contributed by atoms with Crippen molar-refractivity contribution < 1.29 is 23.1 Å². The quantitative estimate of drug-likeness (QED) is 0.173. The maximum Gasteiger partial charge on any atom is 0.0568 e. The standard InChI is InChI=1S/C9H20O2.2C7H16O.11CH4/c1-4-7-11-9(3)6-8-10-5-2;1-4-5-8-6-7(2)3;1-3-5-6-7-8-4-2;;;;;;;;;;;/h9H,4-8H2,1-3H3;7H,4-6H2,1-3H3;3-7H2,1-2H3;11*1H4/i2*1D;3D;;;;;;;;;;;. The van der Waals surface area contributed by atoms with Crippen LogP contribution in [0.3, 0.4) is 0 Å². The molecule has 0 aromatic carbocycles. The molecule has 0 amide bonds. The Kier molecular flexibility index (Phi) is 170. The van der Waals surface area contributed by atoms with Crippen molar-refractivity contribution in [1.82, 2.24) is 0 Å². The van der Waals surface area contributed by atoms with Gasteiger partial charge in [-0.15, -0.1) is 0 Å². The molecule has 0 fully saturated rings. The lowest BCUT2D eigenvalue weighted by Crippen LogP contribution is -2.12. The molecule has 0 aliphatic heterocycles. The summed E-state index contributed by atoms with van der Waals surface area (Å²) in [4.78, 5) is 0. The molecule has 0 bridgehead atoms. The van der Waals surface area contributed by atoms with Crippen molar-refractivity contribution in [2.45, 2.75) is 182 Å². The maximum absolute atomic E-state index is 7.16. The molecule has 0 N–H and O–H groups in total. The number of hydrogen-bond donors (Lipinski definition) is 0. The molecule has 0 heterocycles. The van der Waals surface area contributed by atoms with E-state index in [1.807, 2.05) is 27.7 Å². The van der Waals surface area contributed by atoms with Gasteiger partial charge in [-0.05, 0) is 52.4 Å². The second-order valence-corrected chi connectivity index (χ2v) is 6.59. The van der Waals surface area contributed by atoms with E-state index in [1.165, 1.54) is 0 Å². The molecule has 0 aliphatic carbocycles. The normalized spacial score (nSPS) is 10.0. The first-order valence-electron chi connectivity index (χ1n) is 12.7. The van der Waals surface area contributed by atoms with Crippen molar-refractivity contribution in [2.75, 3.05) is 46.2 Å². The van der Waals surface area contributed by atoms with Crippen LogP contribution in [0.5, 0.6) is 0 Å². The molecule has 2 unspecified atom stereocenters. The highest BCUT2D eigenvalue weighted by molar-refractivity contribution is 4.48. The fourth-order valence-corrected chi connectivity index (χ4v) is 1.72. The van der Waals surface area contributed by atoms with Gasteiger partial charge in [0, 0.05) is 50.4 Å². The van der Waals surface area contributed by atoms with Crippen LogP contribution in [0.4, 0.5) is 0 Å². The minimum Gasteiger partial charge on any atom is -0.382 e. The lowest BCUT2D eigenvalue weighted by Gasteiger charge is -2.11. The predicted octanol–water partition coefficient (Wildman–Crippen LogP) is 13.5. The summed E-state index contributed by atoms with van der Waals surface area (Å²) in [6, 6.07) is 0. The molecule has 0 spiro atoms. The molecule has 0 aliphatic rings. The van der Waals surface area contributed by atoms with Crippen molar-refractivity contribution in [1.29, 1.82) is 0 Å². The van der Waals surface area contributed by atoms with E-state index in [1.54, 1.807) is 0 Å². The third kappa shape index (κ3) is 123. The molecular weight excluding hydrogens is 472 g/mol. The molecular formula is C34H96O4. The van der Waals surface area contributed by atoms with Gasteiger partial charge < -0.3 is 18.9 Å². The van der Waals surface area contributed by atoms with E-state index >= 15 is 0 Å². The minimum absolute atomic E-state index is 0. The van der Waals surface area contributed by atoms with E-state index in [-0.39, 0.29) is 94.2 Å². The van der Waals surface area contributed by atoms with E-state index in [0.29, 0.717) is 26.3 Å². The van der Waals surface area contributed by atoms with Gasteiger partial charge in [-0.2, -0.15) is 0 Å². The summed E-state index contributed by atoms with van der Waals surface area (Å²) >= 11 is 0. The number of hydrogen-bond acceptors (Lipinski definition) is 4. The zero-order valence-corrected chi connectivity index (χ0v) is 19.3. The van der Waals surface area contributed by atoms with E-state index < -0.39 is 0 Å². The van der Waals surface area contributed by atoms with E-state index in [4.69, 9.17) is 23.1 Å². The highest BCUT2D eigenvalue weighted by atomic mass is 16.5. The Morgan fingerprint density at radius 2 is 1.03 bits per heavy atom. The molecule has 0 radical (unpaired) electrons. The lowest BCUT2D eigenvalue weighted by atomic mass is 10.2. The van der Waals surface area contributed by atoms with E-state index in [9.17, 15) is 0 Å². The predicted molar refractivity (Wildman–Crippen MR) is 193 cm³/mol. The second kappa shape index (κ2) is 90.7. The summed E-state index contributed by atoms with van der Waals surface area (Å²) in [6.45, 7) is 18.6. The van der Waals surface area contributed by atoms with Gasteiger partial charge in [0.15, 0.2) is 0 Å². The van der Waals surface area contributed by atoms with Crippen LogP contribution in [0.25, 0.3) is 0 Å². The summed E-state index contributed by atoms with van der Waals surface area (Å²) < 4.78 is 41.8. The van der Waals surface area contributed by atoms with Gasteiger partial charge in [-0.1, -0.05) is 129 Å².